The summed E-state index contributed by atoms with van der Waals surface area (Å²) in [5.74, 6) is 0.929. The average molecular weight is 488 g/mol. The van der Waals surface area contributed by atoms with Gasteiger partial charge in [0.2, 0.25) is 0 Å². The highest BCUT2D eigenvalue weighted by atomic mass is 16.3. The van der Waals surface area contributed by atoms with Crippen LogP contribution in [0, 0.1) is 0 Å². The maximum atomic E-state index is 12.6. The summed E-state index contributed by atoms with van der Waals surface area (Å²) in [6.07, 6.45) is 6.95. The molecule has 0 aliphatic carbocycles. The van der Waals surface area contributed by atoms with Gasteiger partial charge < -0.3 is 24.4 Å². The molecule has 0 unspecified atom stereocenters. The van der Waals surface area contributed by atoms with Crippen molar-refractivity contribution in [1.29, 1.82) is 0 Å². The number of benzene rings is 1. The Labute approximate surface area is 209 Å². The first-order valence-corrected chi connectivity index (χ1v) is 11.9. The van der Waals surface area contributed by atoms with Crippen LogP contribution in [0.4, 0.5) is 5.82 Å². The summed E-state index contributed by atoms with van der Waals surface area (Å²) in [6, 6.07) is 11.0. The highest BCUT2D eigenvalue weighted by Gasteiger charge is 2.26. The number of hydrogen-bond acceptors (Lipinski definition) is 7. The van der Waals surface area contributed by atoms with E-state index in [-0.39, 0.29) is 11.8 Å². The number of amides is 2. The van der Waals surface area contributed by atoms with Crippen LogP contribution >= 0.6 is 0 Å². The minimum Gasteiger partial charge on any atom is -0.459 e. The third-order valence-corrected chi connectivity index (χ3v) is 6.27. The van der Waals surface area contributed by atoms with Gasteiger partial charge in [0.15, 0.2) is 17.2 Å². The minimum atomic E-state index is -0.100. The second-order valence-electron chi connectivity index (χ2n) is 8.98. The van der Waals surface area contributed by atoms with Crippen LogP contribution in [0.25, 0.3) is 16.9 Å². The molecule has 1 saturated heterocycles. The number of carbonyl (C=O) groups is 2. The number of likely N-dealkylation sites (N-methyl/N-ethyl adjacent to an activating group) is 1. The largest absolute Gasteiger partial charge is 0.459 e. The molecule has 1 aliphatic heterocycles. The third kappa shape index (κ3) is 4.80. The molecule has 0 saturated carbocycles. The van der Waals surface area contributed by atoms with Gasteiger partial charge in [-0.25, -0.2) is 9.97 Å². The standard InChI is InChI=1S/C26H29N7O3/c1-30(2)10-8-28-25(34)20-6-3-5-19(17-20)21-18-29-24-23(27-9-11-33(21)24)31-12-14-32(15-13-31)26(35)22-7-4-16-36-22/h3-7,9,11,16-18H,8,10,12-15H2,1-2H3,(H,28,34). The van der Waals surface area contributed by atoms with E-state index in [1.165, 1.54) is 6.26 Å². The van der Waals surface area contributed by atoms with Gasteiger partial charge in [-0.15, -0.1) is 0 Å². The van der Waals surface area contributed by atoms with Crippen LogP contribution in [0.1, 0.15) is 20.9 Å². The van der Waals surface area contributed by atoms with Crippen LogP contribution in [0.15, 0.2) is 65.7 Å². The van der Waals surface area contributed by atoms with Crippen molar-refractivity contribution in [3.8, 4) is 11.3 Å². The fraction of sp³-hybridized carbons (Fsp3) is 0.308. The number of furan rings is 1. The van der Waals surface area contributed by atoms with Crippen LogP contribution in [0.2, 0.25) is 0 Å². The van der Waals surface area contributed by atoms with Crippen LogP contribution < -0.4 is 10.2 Å². The summed E-state index contributed by atoms with van der Waals surface area (Å²) in [7, 11) is 3.95. The lowest BCUT2D eigenvalue weighted by Gasteiger charge is -2.35. The number of rotatable bonds is 7. The molecule has 186 valence electrons. The molecule has 36 heavy (non-hydrogen) atoms. The van der Waals surface area contributed by atoms with Crippen LogP contribution in [0.5, 0.6) is 0 Å². The molecule has 0 radical (unpaired) electrons. The van der Waals surface area contributed by atoms with E-state index in [1.807, 2.05) is 53.9 Å². The second-order valence-corrected chi connectivity index (χ2v) is 8.98. The molecule has 5 rings (SSSR count). The molecule has 10 nitrogen and oxygen atoms in total. The lowest BCUT2D eigenvalue weighted by Crippen LogP contribution is -2.49. The van der Waals surface area contributed by atoms with E-state index < -0.39 is 0 Å². The molecule has 4 aromatic rings. The molecule has 2 amide bonds. The fourth-order valence-electron chi connectivity index (χ4n) is 4.33. The van der Waals surface area contributed by atoms with Crippen molar-refractivity contribution in [3.05, 3.63) is 72.6 Å². The number of carbonyl (C=O) groups excluding carboxylic acids is 2. The Kier molecular flexibility index (Phi) is 6.68. The van der Waals surface area contributed by atoms with Gasteiger partial charge in [0.25, 0.3) is 11.8 Å². The van der Waals surface area contributed by atoms with Gasteiger partial charge in [-0.05, 0) is 38.4 Å². The van der Waals surface area contributed by atoms with Crippen molar-refractivity contribution in [1.82, 2.24) is 29.5 Å². The Morgan fingerprint density at radius 3 is 2.67 bits per heavy atom. The summed E-state index contributed by atoms with van der Waals surface area (Å²) >= 11 is 0. The van der Waals surface area contributed by atoms with Gasteiger partial charge in [0.05, 0.1) is 18.2 Å². The molecule has 3 aromatic heterocycles. The number of imidazole rings is 1. The number of fused-ring (bicyclic) bond motifs is 1. The molecular formula is C26H29N7O3. The predicted octanol–water partition coefficient (Wildman–Crippen LogP) is 2.24. The third-order valence-electron chi connectivity index (χ3n) is 6.27. The van der Waals surface area contributed by atoms with Crippen molar-refractivity contribution < 1.29 is 14.0 Å². The van der Waals surface area contributed by atoms with Gasteiger partial charge in [0, 0.05) is 62.8 Å². The molecule has 4 heterocycles. The van der Waals surface area contributed by atoms with Gasteiger partial charge in [-0.3, -0.25) is 14.0 Å². The highest BCUT2D eigenvalue weighted by Crippen LogP contribution is 2.26. The number of piperazine rings is 1. The summed E-state index contributed by atoms with van der Waals surface area (Å²) in [5, 5.41) is 2.96. The zero-order valence-corrected chi connectivity index (χ0v) is 20.4. The Hall–Kier alpha value is -4.18. The smallest absolute Gasteiger partial charge is 0.289 e. The lowest BCUT2D eigenvalue weighted by atomic mass is 10.1. The second kappa shape index (κ2) is 10.2. The number of hydrogen-bond donors (Lipinski definition) is 1. The van der Waals surface area contributed by atoms with Gasteiger partial charge in [-0.2, -0.15) is 0 Å². The molecule has 10 heteroatoms. The Bertz CT molecular complexity index is 1360. The number of aromatic nitrogens is 3. The maximum Gasteiger partial charge on any atom is 0.289 e. The maximum absolute atomic E-state index is 12.6. The molecule has 1 aliphatic rings. The molecule has 1 N–H and O–H groups in total. The van der Waals surface area contributed by atoms with Crippen molar-refractivity contribution >= 4 is 23.3 Å². The summed E-state index contributed by atoms with van der Waals surface area (Å²) in [6.45, 7) is 3.79. The van der Waals surface area contributed by atoms with Crippen LogP contribution in [-0.4, -0.2) is 89.3 Å². The summed E-state index contributed by atoms with van der Waals surface area (Å²) in [5.41, 5.74) is 3.11. The van der Waals surface area contributed by atoms with Gasteiger partial charge in [0.1, 0.15) is 0 Å². The van der Waals surface area contributed by atoms with Crippen LogP contribution in [-0.2, 0) is 0 Å². The monoisotopic (exact) mass is 487 g/mol. The summed E-state index contributed by atoms with van der Waals surface area (Å²) in [4.78, 5) is 40.4. The first-order chi connectivity index (χ1) is 17.5. The van der Waals surface area contributed by atoms with E-state index in [2.05, 4.69) is 20.2 Å². The SMILES string of the molecule is CN(C)CCNC(=O)c1cccc(-c2cnc3c(N4CCN(C(=O)c5ccco5)CC4)nccn23)c1. The highest BCUT2D eigenvalue weighted by molar-refractivity contribution is 5.95. The normalized spacial score (nSPS) is 14.0. The van der Waals surface area contributed by atoms with E-state index in [0.29, 0.717) is 44.0 Å². The van der Waals surface area contributed by atoms with Crippen molar-refractivity contribution in [2.24, 2.45) is 0 Å². The van der Waals surface area contributed by atoms with E-state index in [4.69, 9.17) is 4.42 Å². The van der Waals surface area contributed by atoms with E-state index in [1.54, 1.807) is 29.4 Å². The van der Waals surface area contributed by atoms with Crippen molar-refractivity contribution in [3.63, 3.8) is 0 Å². The Morgan fingerprint density at radius 2 is 1.92 bits per heavy atom. The number of nitrogens with one attached hydrogen (secondary N) is 1. The molecule has 0 atom stereocenters. The van der Waals surface area contributed by atoms with Crippen molar-refractivity contribution in [2.75, 3.05) is 58.3 Å². The van der Waals surface area contributed by atoms with Gasteiger partial charge >= 0.3 is 0 Å². The Morgan fingerprint density at radius 1 is 1.08 bits per heavy atom. The number of anilines is 1. The zero-order chi connectivity index (χ0) is 25.1. The molecule has 1 aromatic carbocycles. The summed E-state index contributed by atoms with van der Waals surface area (Å²) < 4.78 is 7.25. The van der Waals surface area contributed by atoms with E-state index >= 15 is 0 Å². The van der Waals surface area contributed by atoms with E-state index in [9.17, 15) is 9.59 Å². The zero-order valence-electron chi connectivity index (χ0n) is 20.4. The first-order valence-electron chi connectivity index (χ1n) is 11.9. The predicted molar refractivity (Wildman–Crippen MR) is 136 cm³/mol. The van der Waals surface area contributed by atoms with Crippen molar-refractivity contribution in [2.45, 2.75) is 0 Å². The minimum absolute atomic E-state index is 0.0976. The van der Waals surface area contributed by atoms with Crippen LogP contribution in [0.3, 0.4) is 0 Å². The fourth-order valence-corrected chi connectivity index (χ4v) is 4.33. The lowest BCUT2D eigenvalue weighted by molar-refractivity contribution is 0.0714. The average Bonchev–Trinajstić information content (AvgIpc) is 3.59. The molecule has 1 fully saturated rings. The van der Waals surface area contributed by atoms with E-state index in [0.717, 1.165) is 29.3 Å². The first kappa shape index (κ1) is 23.6. The molecule has 0 bridgehead atoms. The van der Waals surface area contributed by atoms with Gasteiger partial charge in [-0.1, -0.05) is 12.1 Å². The topological polar surface area (TPSA) is 99.2 Å². The number of nitrogens with zero attached hydrogens (tertiary/aromatic N) is 6. The Balaban J connectivity index is 1.33. The molecular weight excluding hydrogens is 458 g/mol. The quantitative estimate of drug-likeness (QED) is 0.427. The molecule has 0 spiro atoms.